The molecule has 0 unspecified atom stereocenters. The molecule has 3 N–H and O–H groups in total. The van der Waals surface area contributed by atoms with Gasteiger partial charge in [0.15, 0.2) is 0 Å². The number of hydrogen-bond acceptors (Lipinski definition) is 2. The molecule has 0 spiro atoms. The summed E-state index contributed by atoms with van der Waals surface area (Å²) in [6.45, 7) is 0. The maximum Gasteiger partial charge on any atom is 0.125 e. The van der Waals surface area contributed by atoms with Gasteiger partial charge in [-0.3, -0.25) is 10.4 Å². The van der Waals surface area contributed by atoms with Crippen LogP contribution in [-0.2, 0) is 0 Å². The van der Waals surface area contributed by atoms with Gasteiger partial charge in [-0.2, -0.15) is 0 Å². The van der Waals surface area contributed by atoms with Crippen LogP contribution in [0, 0.1) is 5.41 Å². The van der Waals surface area contributed by atoms with Crippen molar-refractivity contribution >= 4 is 28.3 Å². The lowest BCUT2D eigenvalue weighted by Crippen LogP contribution is -2.12. The number of nitrogens with zero attached hydrogens (tertiary/aromatic N) is 1. The Morgan fingerprint density at radius 1 is 1.43 bits per heavy atom. The van der Waals surface area contributed by atoms with E-state index in [9.17, 15) is 0 Å². The zero-order valence-electron chi connectivity index (χ0n) is 7.29. The topological polar surface area (TPSA) is 62.8 Å². The Kier molecular flexibility index (Phi) is 2.09. The van der Waals surface area contributed by atoms with E-state index < -0.39 is 0 Å². The highest BCUT2D eigenvalue weighted by Crippen LogP contribution is 2.21. The molecular formula is C10H8ClN3. The monoisotopic (exact) mass is 205 g/mol. The van der Waals surface area contributed by atoms with Gasteiger partial charge in [0.1, 0.15) is 5.84 Å². The molecule has 0 amide bonds. The fourth-order valence-corrected chi connectivity index (χ4v) is 1.59. The van der Waals surface area contributed by atoms with Gasteiger partial charge in [0.05, 0.1) is 5.52 Å². The van der Waals surface area contributed by atoms with Gasteiger partial charge >= 0.3 is 0 Å². The lowest BCUT2D eigenvalue weighted by Gasteiger charge is -2.04. The molecule has 1 aromatic carbocycles. The van der Waals surface area contributed by atoms with E-state index in [0.717, 1.165) is 5.39 Å². The maximum absolute atomic E-state index is 7.39. The van der Waals surface area contributed by atoms with Crippen molar-refractivity contribution in [1.82, 2.24) is 4.98 Å². The van der Waals surface area contributed by atoms with Crippen molar-refractivity contribution in [3.8, 4) is 0 Å². The van der Waals surface area contributed by atoms with Gasteiger partial charge in [0.25, 0.3) is 0 Å². The summed E-state index contributed by atoms with van der Waals surface area (Å²) in [5, 5.41) is 8.85. The van der Waals surface area contributed by atoms with Crippen molar-refractivity contribution in [2.45, 2.75) is 0 Å². The Hall–Kier alpha value is -1.61. The van der Waals surface area contributed by atoms with E-state index in [2.05, 4.69) is 4.98 Å². The first-order valence-electron chi connectivity index (χ1n) is 4.07. The van der Waals surface area contributed by atoms with Crippen molar-refractivity contribution in [3.63, 3.8) is 0 Å². The quantitative estimate of drug-likeness (QED) is 0.554. The molecule has 14 heavy (non-hydrogen) atoms. The number of aromatic nitrogens is 1. The van der Waals surface area contributed by atoms with E-state index in [0.29, 0.717) is 16.1 Å². The first-order valence-corrected chi connectivity index (χ1v) is 4.45. The van der Waals surface area contributed by atoms with Gasteiger partial charge < -0.3 is 5.73 Å². The van der Waals surface area contributed by atoms with Gasteiger partial charge in [-0.15, -0.1) is 0 Å². The molecule has 0 atom stereocenters. The number of fused-ring (bicyclic) bond motifs is 1. The Morgan fingerprint density at radius 2 is 2.21 bits per heavy atom. The summed E-state index contributed by atoms with van der Waals surface area (Å²) >= 11 is 5.89. The van der Waals surface area contributed by atoms with Crippen molar-refractivity contribution in [2.75, 3.05) is 0 Å². The molecule has 2 rings (SSSR count). The molecule has 0 fully saturated rings. The molecule has 0 bridgehead atoms. The zero-order chi connectivity index (χ0) is 10.1. The molecule has 0 aliphatic rings. The molecule has 0 radical (unpaired) electrons. The molecule has 0 aliphatic heterocycles. The highest BCUT2D eigenvalue weighted by atomic mass is 35.5. The number of benzene rings is 1. The van der Waals surface area contributed by atoms with Crippen molar-refractivity contribution in [2.24, 2.45) is 5.73 Å². The fraction of sp³-hybridized carbons (Fsp3) is 0. The summed E-state index contributed by atoms with van der Waals surface area (Å²) in [6.07, 6.45) is 1.67. The molecule has 1 aromatic heterocycles. The smallest absolute Gasteiger partial charge is 0.125 e. The van der Waals surface area contributed by atoms with Crippen LogP contribution in [0.5, 0.6) is 0 Å². The van der Waals surface area contributed by atoms with Crippen molar-refractivity contribution < 1.29 is 0 Å². The number of rotatable bonds is 1. The second kappa shape index (κ2) is 3.27. The summed E-state index contributed by atoms with van der Waals surface area (Å²) in [5.74, 6) is -0.0174. The number of nitrogens with two attached hydrogens (primary N) is 1. The third-order valence-corrected chi connectivity index (χ3v) is 2.18. The standard InChI is InChI=1S/C10H8ClN3/c11-7-4-6-2-1-3-14-9(6)8(5-7)10(12)13/h1-5H,(H3,12,13). The molecule has 0 saturated heterocycles. The summed E-state index contributed by atoms with van der Waals surface area (Å²) in [6, 6.07) is 7.17. The second-order valence-corrected chi connectivity index (χ2v) is 3.38. The Morgan fingerprint density at radius 3 is 2.93 bits per heavy atom. The van der Waals surface area contributed by atoms with E-state index in [1.54, 1.807) is 18.3 Å². The maximum atomic E-state index is 7.39. The fourth-order valence-electron chi connectivity index (χ4n) is 1.36. The molecule has 0 saturated carbocycles. The Bertz CT molecular complexity index is 508. The molecule has 2 aromatic rings. The minimum absolute atomic E-state index is 0.0174. The van der Waals surface area contributed by atoms with Crippen LogP contribution in [0.1, 0.15) is 5.56 Å². The van der Waals surface area contributed by atoms with Crippen LogP contribution in [0.15, 0.2) is 30.5 Å². The average Bonchev–Trinajstić information content (AvgIpc) is 2.16. The lowest BCUT2D eigenvalue weighted by molar-refractivity contribution is 1.38. The van der Waals surface area contributed by atoms with Crippen LogP contribution in [0.3, 0.4) is 0 Å². The first-order chi connectivity index (χ1) is 6.68. The predicted octanol–water partition coefficient (Wildman–Crippen LogP) is 2.17. The largest absolute Gasteiger partial charge is 0.384 e. The van der Waals surface area contributed by atoms with E-state index >= 15 is 0 Å². The summed E-state index contributed by atoms with van der Waals surface area (Å²) in [4.78, 5) is 4.16. The number of nitrogen functional groups attached to an aromatic ring is 1. The van der Waals surface area contributed by atoms with Crippen molar-refractivity contribution in [1.29, 1.82) is 5.41 Å². The van der Waals surface area contributed by atoms with Crippen LogP contribution in [0.25, 0.3) is 10.9 Å². The molecule has 0 aliphatic carbocycles. The van der Waals surface area contributed by atoms with Crippen LogP contribution in [-0.4, -0.2) is 10.8 Å². The SMILES string of the molecule is N=C(N)c1cc(Cl)cc2cccnc12. The van der Waals surface area contributed by atoms with Crippen LogP contribution >= 0.6 is 11.6 Å². The summed E-state index contributed by atoms with van der Waals surface area (Å²) < 4.78 is 0. The third kappa shape index (κ3) is 1.42. The predicted molar refractivity (Wildman–Crippen MR) is 57.8 cm³/mol. The average molecular weight is 206 g/mol. The van der Waals surface area contributed by atoms with E-state index in [1.165, 1.54) is 0 Å². The molecular weight excluding hydrogens is 198 g/mol. The van der Waals surface area contributed by atoms with Crippen LogP contribution in [0.2, 0.25) is 5.02 Å². The van der Waals surface area contributed by atoms with E-state index in [-0.39, 0.29) is 5.84 Å². The Labute approximate surface area is 86.0 Å². The number of nitrogens with one attached hydrogen (secondary N) is 1. The number of halogens is 1. The van der Waals surface area contributed by atoms with E-state index in [4.69, 9.17) is 22.7 Å². The number of amidine groups is 1. The third-order valence-electron chi connectivity index (χ3n) is 1.96. The minimum atomic E-state index is -0.0174. The zero-order valence-corrected chi connectivity index (χ0v) is 8.05. The molecule has 70 valence electrons. The van der Waals surface area contributed by atoms with Crippen LogP contribution in [0.4, 0.5) is 0 Å². The van der Waals surface area contributed by atoms with Crippen molar-refractivity contribution in [3.05, 3.63) is 41.0 Å². The highest BCUT2D eigenvalue weighted by molar-refractivity contribution is 6.32. The first kappa shape index (κ1) is 8.97. The molecule has 1 heterocycles. The van der Waals surface area contributed by atoms with Gasteiger partial charge in [0, 0.05) is 22.2 Å². The van der Waals surface area contributed by atoms with E-state index in [1.807, 2.05) is 12.1 Å². The minimum Gasteiger partial charge on any atom is -0.384 e. The summed E-state index contributed by atoms with van der Waals surface area (Å²) in [7, 11) is 0. The number of pyridine rings is 1. The highest BCUT2D eigenvalue weighted by Gasteiger charge is 2.05. The molecule has 4 heteroatoms. The summed E-state index contributed by atoms with van der Waals surface area (Å²) in [5.41, 5.74) is 6.72. The van der Waals surface area contributed by atoms with Gasteiger partial charge in [0.2, 0.25) is 0 Å². The normalized spacial score (nSPS) is 10.4. The van der Waals surface area contributed by atoms with Gasteiger partial charge in [-0.1, -0.05) is 17.7 Å². The second-order valence-electron chi connectivity index (χ2n) is 2.94. The number of hydrogen-bond donors (Lipinski definition) is 2. The lowest BCUT2D eigenvalue weighted by atomic mass is 10.1. The van der Waals surface area contributed by atoms with Crippen LogP contribution < -0.4 is 5.73 Å². The van der Waals surface area contributed by atoms with Gasteiger partial charge in [-0.05, 0) is 18.2 Å². The Balaban J connectivity index is 2.87. The van der Waals surface area contributed by atoms with Gasteiger partial charge in [-0.25, -0.2) is 0 Å². The molecule has 3 nitrogen and oxygen atoms in total.